The third kappa shape index (κ3) is 5.10. The molecule has 15 heavy (non-hydrogen) atoms. The fourth-order valence-corrected chi connectivity index (χ4v) is 1.98. The van der Waals surface area contributed by atoms with Crippen molar-refractivity contribution in [3.8, 4) is 0 Å². The van der Waals surface area contributed by atoms with E-state index in [0.29, 0.717) is 0 Å². The molecule has 0 spiro atoms. The van der Waals surface area contributed by atoms with Gasteiger partial charge in [-0.3, -0.25) is 0 Å². The predicted octanol–water partition coefficient (Wildman–Crippen LogP) is 2.73. The Morgan fingerprint density at radius 2 is 1.73 bits per heavy atom. The Labute approximate surface area is 84.0 Å². The molecule has 90 valence electrons. The normalized spacial score (nSPS) is 14.1. The van der Waals surface area contributed by atoms with Gasteiger partial charge in [0.1, 0.15) is 0 Å². The molecule has 0 saturated carbocycles. The molecule has 1 atom stereocenters. The quantitative estimate of drug-likeness (QED) is 0.557. The summed E-state index contributed by atoms with van der Waals surface area (Å²) in [6, 6.07) is 0. The molecule has 0 aromatic carbocycles. The largest absolute Gasteiger partial charge is 0.303 e. The number of alkyl halides is 2. The molecule has 2 nitrogen and oxygen atoms in total. The molecule has 0 bridgehead atoms. The predicted molar refractivity (Wildman–Crippen MR) is 43.9 cm³/mol. The fraction of sp³-hybridized carbons (Fsp3) is 0.714. The molecule has 0 aromatic heterocycles. The van der Waals surface area contributed by atoms with Gasteiger partial charge in [-0.25, -0.2) is 8.78 Å². The van der Waals surface area contributed by atoms with Crippen molar-refractivity contribution >= 4 is 10.2 Å². The Morgan fingerprint density at radius 3 is 1.93 bits per heavy atom. The molecule has 0 aromatic rings. The zero-order chi connectivity index (χ0) is 12.2. The topological polar surface area (TPSA) is 34.1 Å². The lowest BCUT2D eigenvalue weighted by Crippen LogP contribution is -2.19. The van der Waals surface area contributed by atoms with Crippen LogP contribution < -0.4 is 0 Å². The highest BCUT2D eigenvalue weighted by Gasteiger charge is 2.30. The van der Waals surface area contributed by atoms with Crippen LogP contribution in [0.2, 0.25) is 0 Å². The van der Waals surface area contributed by atoms with Gasteiger partial charge in [-0.15, -0.1) is 3.89 Å². The van der Waals surface area contributed by atoms with E-state index in [4.69, 9.17) is 0 Å². The van der Waals surface area contributed by atoms with Gasteiger partial charge in [0.25, 0.3) is 12.5 Å². The molecule has 0 aliphatic heterocycles. The van der Waals surface area contributed by atoms with E-state index >= 15 is 0 Å². The van der Waals surface area contributed by atoms with Crippen LogP contribution in [0, 0.1) is 5.92 Å². The molecular weight excluding hydrogens is 243 g/mol. The highest BCUT2D eigenvalue weighted by molar-refractivity contribution is 7.86. The van der Waals surface area contributed by atoms with Crippen LogP contribution in [-0.4, -0.2) is 20.6 Å². The molecule has 1 unspecified atom stereocenters. The van der Waals surface area contributed by atoms with Crippen molar-refractivity contribution < 1.29 is 29.9 Å². The first kappa shape index (κ1) is 14.3. The van der Waals surface area contributed by atoms with E-state index < -0.39 is 40.0 Å². The highest BCUT2D eigenvalue weighted by atomic mass is 32.3. The Kier molecular flexibility index (Phi) is 5.19. The van der Waals surface area contributed by atoms with E-state index in [1.165, 1.54) is 6.92 Å². The molecular formula is C7H9F5O2S. The summed E-state index contributed by atoms with van der Waals surface area (Å²) in [5.74, 6) is -3.04. The minimum Gasteiger partial charge on any atom is -0.205 e. The molecule has 0 heterocycles. The maximum absolute atomic E-state index is 12.2. The number of rotatable bonds is 5. The molecule has 0 N–H and O–H groups in total. The van der Waals surface area contributed by atoms with Gasteiger partial charge in [0.15, 0.2) is 0 Å². The van der Waals surface area contributed by atoms with Crippen molar-refractivity contribution in [3.05, 3.63) is 11.7 Å². The number of halogens is 5. The van der Waals surface area contributed by atoms with E-state index in [1.807, 2.05) is 0 Å². The van der Waals surface area contributed by atoms with Crippen molar-refractivity contribution in [1.82, 2.24) is 0 Å². The van der Waals surface area contributed by atoms with Gasteiger partial charge in [0.05, 0.1) is 11.3 Å². The first-order valence-corrected chi connectivity index (χ1v) is 5.49. The lowest BCUT2D eigenvalue weighted by Gasteiger charge is -2.14. The number of allylic oxidation sites excluding steroid dienone is 1. The smallest absolute Gasteiger partial charge is 0.205 e. The number of hydrogen-bond acceptors (Lipinski definition) is 2. The van der Waals surface area contributed by atoms with Crippen LogP contribution in [0.3, 0.4) is 0 Å². The Morgan fingerprint density at radius 1 is 1.27 bits per heavy atom. The molecule has 8 heteroatoms. The summed E-state index contributed by atoms with van der Waals surface area (Å²) in [5.41, 5.74) is -1.60. The Balaban J connectivity index is 5.03. The van der Waals surface area contributed by atoms with Crippen LogP contribution in [0.5, 0.6) is 0 Å². The maximum atomic E-state index is 12.2. The van der Waals surface area contributed by atoms with Crippen molar-refractivity contribution in [2.24, 2.45) is 5.92 Å². The van der Waals surface area contributed by atoms with Crippen molar-refractivity contribution in [2.45, 2.75) is 19.8 Å². The van der Waals surface area contributed by atoms with Gasteiger partial charge in [-0.05, 0) is 6.42 Å². The minimum absolute atomic E-state index is 0.305. The zero-order valence-corrected chi connectivity index (χ0v) is 8.50. The van der Waals surface area contributed by atoms with Crippen LogP contribution in [0.15, 0.2) is 11.7 Å². The Hall–Kier alpha value is -0.660. The molecule has 0 amide bonds. The van der Waals surface area contributed by atoms with E-state index in [2.05, 4.69) is 0 Å². The highest BCUT2D eigenvalue weighted by Crippen LogP contribution is 2.28. The van der Waals surface area contributed by atoms with Crippen molar-refractivity contribution in [3.63, 3.8) is 0 Å². The molecule has 0 aliphatic carbocycles. The third-order valence-electron chi connectivity index (χ3n) is 1.79. The second kappa shape index (κ2) is 5.43. The molecule has 0 saturated heterocycles. The summed E-state index contributed by atoms with van der Waals surface area (Å²) in [4.78, 5) is 0. The van der Waals surface area contributed by atoms with Gasteiger partial charge in [0.2, 0.25) is 0 Å². The second-order valence-corrected chi connectivity index (χ2v) is 4.24. The van der Waals surface area contributed by atoms with Crippen LogP contribution in [0.25, 0.3) is 0 Å². The fourth-order valence-electron chi connectivity index (χ4n) is 1.08. The van der Waals surface area contributed by atoms with Crippen molar-refractivity contribution in [2.75, 3.05) is 5.75 Å². The third-order valence-corrected chi connectivity index (χ3v) is 2.59. The average molecular weight is 252 g/mol. The molecule has 0 aliphatic rings. The van der Waals surface area contributed by atoms with Gasteiger partial charge in [0, 0.05) is 5.92 Å². The Bertz CT molecular complexity index is 331. The van der Waals surface area contributed by atoms with Crippen LogP contribution in [0.4, 0.5) is 21.4 Å². The van der Waals surface area contributed by atoms with Gasteiger partial charge >= 0.3 is 10.2 Å². The lowest BCUT2D eigenvalue weighted by molar-refractivity contribution is 0.163. The van der Waals surface area contributed by atoms with Gasteiger partial charge < -0.3 is 0 Å². The summed E-state index contributed by atoms with van der Waals surface area (Å²) < 4.78 is 80.8. The zero-order valence-electron chi connectivity index (χ0n) is 7.68. The van der Waals surface area contributed by atoms with Crippen LogP contribution >= 0.6 is 0 Å². The first-order valence-electron chi connectivity index (χ1n) is 3.94. The SMILES string of the molecule is CCC(CS(=O)(=O)F)C(=C(F)F)C(F)F. The van der Waals surface area contributed by atoms with Crippen molar-refractivity contribution in [1.29, 1.82) is 0 Å². The maximum Gasteiger partial charge on any atom is 0.303 e. The minimum atomic E-state index is -5.05. The van der Waals surface area contributed by atoms with Gasteiger partial charge in [-0.1, -0.05) is 6.92 Å². The molecule has 0 rings (SSSR count). The summed E-state index contributed by atoms with van der Waals surface area (Å²) >= 11 is 0. The number of hydrogen-bond donors (Lipinski definition) is 0. The molecule has 0 radical (unpaired) electrons. The van der Waals surface area contributed by atoms with E-state index in [0.717, 1.165) is 0 Å². The first-order chi connectivity index (χ1) is 6.69. The summed E-state index contributed by atoms with van der Waals surface area (Å²) in [5, 5.41) is 0. The summed E-state index contributed by atoms with van der Waals surface area (Å²) in [7, 11) is -5.05. The monoisotopic (exact) mass is 252 g/mol. The summed E-state index contributed by atoms with van der Waals surface area (Å²) in [6.45, 7) is 1.22. The lowest BCUT2D eigenvalue weighted by atomic mass is 10.00. The average Bonchev–Trinajstić information content (AvgIpc) is 1.98. The van der Waals surface area contributed by atoms with Crippen LogP contribution in [0.1, 0.15) is 13.3 Å². The van der Waals surface area contributed by atoms with E-state index in [1.54, 1.807) is 0 Å². The second-order valence-electron chi connectivity index (χ2n) is 2.83. The standard InChI is InChI=1S/C7H9F5O2S/c1-2-4(3-15(12,13)14)5(6(8)9)7(10)11/h4,6H,2-3H2,1H3. The van der Waals surface area contributed by atoms with E-state index in [9.17, 15) is 29.9 Å². The van der Waals surface area contributed by atoms with E-state index in [-0.39, 0.29) is 6.42 Å². The molecule has 0 fully saturated rings. The van der Waals surface area contributed by atoms with Gasteiger partial charge in [-0.2, -0.15) is 17.2 Å². The summed E-state index contributed by atoms with van der Waals surface area (Å²) in [6.07, 6.45) is -6.44. The van der Waals surface area contributed by atoms with Crippen LogP contribution in [-0.2, 0) is 10.2 Å².